The van der Waals surface area contributed by atoms with E-state index in [1.165, 1.54) is 23.8 Å². The zero-order valence-electron chi connectivity index (χ0n) is 29.7. The van der Waals surface area contributed by atoms with Crippen molar-refractivity contribution in [2.45, 2.75) is 23.6 Å². The van der Waals surface area contributed by atoms with Gasteiger partial charge in [-0.1, -0.05) is 108 Å². The smallest absolute Gasteiger partial charge is 0.355 e. The maximum Gasteiger partial charge on any atom is 0.355 e. The average molecular weight is 795 g/mol. The monoisotopic (exact) mass is 794 g/mol. The van der Waals surface area contributed by atoms with Crippen LogP contribution in [0, 0.1) is 0 Å². The molecular formula is C40H35ClN6O6S2. The zero-order valence-corrected chi connectivity index (χ0v) is 32.1. The van der Waals surface area contributed by atoms with Crippen LogP contribution in [0.4, 0.5) is 5.13 Å². The van der Waals surface area contributed by atoms with Crippen molar-refractivity contribution in [1.82, 2.24) is 19.6 Å². The molecule has 2 atom stereocenters. The Hall–Kier alpha value is -5.70. The first-order valence-corrected chi connectivity index (χ1v) is 19.5. The largest absolute Gasteiger partial charge is 0.497 e. The van der Waals surface area contributed by atoms with E-state index in [1.807, 2.05) is 91.0 Å². The van der Waals surface area contributed by atoms with Crippen molar-refractivity contribution in [3.05, 3.63) is 155 Å². The maximum atomic E-state index is 13.8. The molecule has 1 aromatic heterocycles. The molecule has 2 aliphatic heterocycles. The number of alkyl halides is 1. The lowest BCUT2D eigenvalue weighted by Gasteiger charge is -2.49. The van der Waals surface area contributed by atoms with E-state index in [-0.39, 0.29) is 29.7 Å². The number of nitrogens with zero attached hydrogens (tertiary/aromatic N) is 4. The molecule has 2 aliphatic rings. The standard InChI is InChI=1S/C40H35ClN6O6S2/c1-51-30-20-18-25(19-21-30)23-53-38(50)33-26(22-41)24-54-37-32(36(49)47(33)37)42-35(48)31(45-52-2)34-43-39(55-46-34)44-40(27-12-6-3-7-13-27,28-14-8-4-9-15-28)29-16-10-5-11-17-29/h3-21,32,37H,22-24H2,1-2H3,(H,42,48)(H,43,44,46)/b45-31-/t32-,37-/m1/s1. The number of benzene rings is 4. The van der Waals surface area contributed by atoms with Gasteiger partial charge >= 0.3 is 5.97 Å². The third kappa shape index (κ3) is 7.53. The third-order valence-electron chi connectivity index (χ3n) is 9.17. The third-order valence-corrected chi connectivity index (χ3v) is 11.5. The Bertz CT molecular complexity index is 2120. The van der Waals surface area contributed by atoms with Gasteiger partial charge in [0, 0.05) is 23.2 Å². The molecule has 0 aliphatic carbocycles. The number of esters is 1. The minimum Gasteiger partial charge on any atom is -0.497 e. The van der Waals surface area contributed by atoms with Gasteiger partial charge in [0.1, 0.15) is 42.1 Å². The molecule has 0 radical (unpaired) electrons. The molecule has 0 unspecified atom stereocenters. The van der Waals surface area contributed by atoms with Crippen LogP contribution in [-0.4, -0.2) is 75.0 Å². The highest BCUT2D eigenvalue weighted by Crippen LogP contribution is 2.42. The Morgan fingerprint density at radius 1 is 0.909 bits per heavy atom. The van der Waals surface area contributed by atoms with Gasteiger partial charge in [0.15, 0.2) is 0 Å². The molecule has 2 N–H and O–H groups in total. The number of anilines is 1. The predicted octanol–water partition coefficient (Wildman–Crippen LogP) is 5.94. The number of amides is 2. The molecule has 4 aromatic carbocycles. The van der Waals surface area contributed by atoms with Crippen molar-refractivity contribution in [3.63, 3.8) is 0 Å². The molecule has 5 aromatic rings. The summed E-state index contributed by atoms with van der Waals surface area (Å²) in [6.45, 7) is -0.0145. The van der Waals surface area contributed by atoms with E-state index in [9.17, 15) is 14.4 Å². The molecule has 7 rings (SSSR count). The van der Waals surface area contributed by atoms with Gasteiger partial charge < -0.3 is 24.9 Å². The Morgan fingerprint density at radius 3 is 2.05 bits per heavy atom. The molecule has 0 bridgehead atoms. The van der Waals surface area contributed by atoms with Crippen LogP contribution < -0.4 is 15.4 Å². The number of hydrogen-bond acceptors (Lipinski definition) is 12. The number of carbonyl (C=O) groups is 3. The van der Waals surface area contributed by atoms with Gasteiger partial charge in [0.25, 0.3) is 11.8 Å². The number of halogens is 1. The normalized spacial score (nSPS) is 16.8. The number of β-lactam (4-membered cyclic amide) rings is 1. The van der Waals surface area contributed by atoms with E-state index < -0.39 is 34.7 Å². The number of rotatable bonds is 14. The highest BCUT2D eigenvalue weighted by atomic mass is 35.5. The number of carbonyl (C=O) groups excluding carboxylic acids is 3. The van der Waals surface area contributed by atoms with Crippen molar-refractivity contribution in [2.24, 2.45) is 5.16 Å². The summed E-state index contributed by atoms with van der Waals surface area (Å²) in [4.78, 5) is 51.9. The Balaban J connectivity index is 1.10. The van der Waals surface area contributed by atoms with Gasteiger partial charge in [0.05, 0.1) is 7.11 Å². The Labute approximate surface area is 330 Å². The number of nitrogens with one attached hydrogen (secondary N) is 2. The van der Waals surface area contributed by atoms with Crippen molar-refractivity contribution < 1.29 is 28.7 Å². The first-order chi connectivity index (χ1) is 26.9. The van der Waals surface area contributed by atoms with E-state index in [0.29, 0.717) is 22.2 Å². The van der Waals surface area contributed by atoms with Crippen LogP contribution in [0.3, 0.4) is 0 Å². The SMILES string of the molecule is CO/N=C(\C(=O)N[C@@H]1C(=O)N2C(C(=O)OCc3ccc(OC)cc3)=C(CCl)CS[C@H]12)c1nsc(NC(c2ccccc2)(c2ccccc2)c2ccccc2)n1. The van der Waals surface area contributed by atoms with Crippen LogP contribution in [0.15, 0.2) is 132 Å². The highest BCUT2D eigenvalue weighted by molar-refractivity contribution is 8.00. The molecule has 55 heavy (non-hydrogen) atoms. The second-order valence-electron chi connectivity index (χ2n) is 12.4. The average Bonchev–Trinajstić information content (AvgIpc) is 3.71. The van der Waals surface area contributed by atoms with E-state index >= 15 is 0 Å². The summed E-state index contributed by atoms with van der Waals surface area (Å²) in [5.41, 5.74) is 3.16. The molecule has 1 saturated heterocycles. The molecule has 15 heteroatoms. The molecule has 1 fully saturated rings. The summed E-state index contributed by atoms with van der Waals surface area (Å²) in [6.07, 6.45) is 0. The molecule has 0 spiro atoms. The topological polar surface area (TPSA) is 144 Å². The lowest BCUT2D eigenvalue weighted by atomic mass is 9.77. The fourth-order valence-corrected chi connectivity index (χ4v) is 8.82. The van der Waals surface area contributed by atoms with Gasteiger partial charge in [-0.15, -0.1) is 23.4 Å². The van der Waals surface area contributed by atoms with Gasteiger partial charge in [-0.25, -0.2) is 4.79 Å². The molecule has 2 amide bonds. The maximum absolute atomic E-state index is 13.8. The fourth-order valence-electron chi connectivity index (χ4n) is 6.51. The van der Waals surface area contributed by atoms with Gasteiger partial charge in [-0.3, -0.25) is 14.5 Å². The summed E-state index contributed by atoms with van der Waals surface area (Å²) in [5, 5.41) is 10.2. The van der Waals surface area contributed by atoms with E-state index in [0.717, 1.165) is 33.8 Å². The van der Waals surface area contributed by atoms with Crippen molar-refractivity contribution in [1.29, 1.82) is 0 Å². The van der Waals surface area contributed by atoms with E-state index in [2.05, 4.69) is 20.2 Å². The van der Waals surface area contributed by atoms with E-state index in [4.69, 9.17) is 30.9 Å². The van der Waals surface area contributed by atoms with Crippen molar-refractivity contribution in [3.8, 4) is 5.75 Å². The molecule has 0 saturated carbocycles. The number of methoxy groups -OCH3 is 1. The number of thioether (sulfide) groups is 1. The summed E-state index contributed by atoms with van der Waals surface area (Å²) in [5.74, 6) is -0.821. The van der Waals surface area contributed by atoms with Gasteiger partial charge in [0.2, 0.25) is 16.7 Å². The minimum absolute atomic E-state index is 0.00183. The van der Waals surface area contributed by atoms with Gasteiger partial charge in [-0.2, -0.15) is 9.36 Å². The summed E-state index contributed by atoms with van der Waals surface area (Å²) in [7, 11) is 2.87. The number of ether oxygens (including phenoxy) is 2. The lowest BCUT2D eigenvalue weighted by molar-refractivity contribution is -0.153. The molecule has 3 heterocycles. The molecular weight excluding hydrogens is 760 g/mol. The number of aromatic nitrogens is 2. The molecule has 280 valence electrons. The first kappa shape index (κ1) is 37.6. The van der Waals surface area contributed by atoms with Crippen LogP contribution in [0.5, 0.6) is 5.75 Å². The second-order valence-corrected chi connectivity index (χ2v) is 14.5. The quantitative estimate of drug-likeness (QED) is 0.0346. The van der Waals surface area contributed by atoms with Gasteiger partial charge in [-0.05, 0) is 40.0 Å². The second kappa shape index (κ2) is 16.8. The fraction of sp³-hybridized carbons (Fsp3) is 0.200. The van der Waals surface area contributed by atoms with Crippen molar-refractivity contribution in [2.75, 3.05) is 31.2 Å². The highest BCUT2D eigenvalue weighted by Gasteiger charge is 2.54. The minimum atomic E-state index is -0.973. The summed E-state index contributed by atoms with van der Waals surface area (Å²) < 4.78 is 15.3. The van der Waals surface area contributed by atoms with Crippen LogP contribution in [-0.2, 0) is 36.1 Å². The Kier molecular flexibility index (Phi) is 11.5. The summed E-state index contributed by atoms with van der Waals surface area (Å²) >= 11 is 8.65. The van der Waals surface area contributed by atoms with Crippen LogP contribution in [0.25, 0.3) is 0 Å². The first-order valence-electron chi connectivity index (χ1n) is 17.1. The number of oxime groups is 1. The predicted molar refractivity (Wildman–Crippen MR) is 212 cm³/mol. The Morgan fingerprint density at radius 2 is 1.51 bits per heavy atom. The van der Waals surface area contributed by atoms with Crippen molar-refractivity contribution >= 4 is 63.5 Å². The molecule has 12 nitrogen and oxygen atoms in total. The number of fused-ring (bicyclic) bond motifs is 1. The number of hydrogen-bond donors (Lipinski definition) is 2. The van der Waals surface area contributed by atoms with Crippen LogP contribution in [0.2, 0.25) is 0 Å². The lowest BCUT2D eigenvalue weighted by Crippen LogP contribution is -2.71. The van der Waals surface area contributed by atoms with E-state index in [1.54, 1.807) is 31.4 Å². The van der Waals surface area contributed by atoms with Crippen LogP contribution in [0.1, 0.15) is 28.1 Å². The summed E-state index contributed by atoms with van der Waals surface area (Å²) in [6, 6.07) is 36.1. The van der Waals surface area contributed by atoms with Crippen LogP contribution >= 0.6 is 34.9 Å². The zero-order chi connectivity index (χ0) is 38.4.